The summed E-state index contributed by atoms with van der Waals surface area (Å²) in [6, 6.07) is 0. The normalized spacial score (nSPS) is 14.8. The standard InChI is InChI=1S/C9H20N2O2S/c1-3-8(7-10)9(12)11-5-4-6-14(2)13/h8H,3-7,10H2,1-2H3,(H,11,12). The van der Waals surface area contributed by atoms with E-state index in [1.165, 1.54) is 0 Å². The second-order valence-corrected chi connectivity index (χ2v) is 4.82. The second kappa shape index (κ2) is 7.94. The maximum absolute atomic E-state index is 11.4. The maximum Gasteiger partial charge on any atom is 0.224 e. The highest BCUT2D eigenvalue weighted by molar-refractivity contribution is 7.84. The van der Waals surface area contributed by atoms with Gasteiger partial charge in [0, 0.05) is 41.8 Å². The Balaban J connectivity index is 3.57. The first kappa shape index (κ1) is 13.6. The first-order chi connectivity index (χ1) is 6.61. The third-order valence-electron chi connectivity index (χ3n) is 2.06. The summed E-state index contributed by atoms with van der Waals surface area (Å²) in [5.74, 6) is 0.568. The van der Waals surface area contributed by atoms with Crippen molar-refractivity contribution in [1.82, 2.24) is 5.32 Å². The van der Waals surface area contributed by atoms with Gasteiger partial charge in [-0.1, -0.05) is 6.92 Å². The van der Waals surface area contributed by atoms with Crippen LogP contribution < -0.4 is 11.1 Å². The Kier molecular flexibility index (Phi) is 7.70. The number of nitrogens with one attached hydrogen (secondary N) is 1. The lowest BCUT2D eigenvalue weighted by molar-refractivity contribution is -0.124. The lowest BCUT2D eigenvalue weighted by Crippen LogP contribution is -2.35. The van der Waals surface area contributed by atoms with E-state index in [1.807, 2.05) is 6.92 Å². The molecule has 0 saturated heterocycles. The fourth-order valence-electron chi connectivity index (χ4n) is 1.09. The fourth-order valence-corrected chi connectivity index (χ4v) is 1.64. The van der Waals surface area contributed by atoms with Gasteiger partial charge in [-0.25, -0.2) is 0 Å². The third kappa shape index (κ3) is 6.10. The molecule has 84 valence electrons. The number of rotatable bonds is 7. The summed E-state index contributed by atoms with van der Waals surface area (Å²) in [6.07, 6.45) is 3.19. The molecule has 0 aromatic rings. The van der Waals surface area contributed by atoms with E-state index in [9.17, 15) is 9.00 Å². The minimum absolute atomic E-state index is 0.0110. The summed E-state index contributed by atoms with van der Waals surface area (Å²) in [5, 5.41) is 2.79. The van der Waals surface area contributed by atoms with E-state index in [0.29, 0.717) is 18.8 Å². The average molecular weight is 220 g/mol. The van der Waals surface area contributed by atoms with Crippen molar-refractivity contribution < 1.29 is 9.00 Å². The van der Waals surface area contributed by atoms with Crippen molar-refractivity contribution in [2.24, 2.45) is 11.7 Å². The smallest absolute Gasteiger partial charge is 0.224 e. The van der Waals surface area contributed by atoms with Crippen LogP contribution in [-0.2, 0) is 15.6 Å². The molecule has 0 aliphatic carbocycles. The maximum atomic E-state index is 11.4. The van der Waals surface area contributed by atoms with Gasteiger partial charge in [-0.3, -0.25) is 9.00 Å². The molecular formula is C9H20N2O2S. The van der Waals surface area contributed by atoms with Gasteiger partial charge in [0.1, 0.15) is 0 Å². The molecule has 0 heterocycles. The van der Waals surface area contributed by atoms with Crippen LogP contribution in [0.4, 0.5) is 0 Å². The van der Waals surface area contributed by atoms with Crippen molar-refractivity contribution in [3.63, 3.8) is 0 Å². The van der Waals surface area contributed by atoms with Gasteiger partial charge in [0.2, 0.25) is 5.91 Å². The highest BCUT2D eigenvalue weighted by Gasteiger charge is 2.12. The Labute approximate surface area is 88.1 Å². The van der Waals surface area contributed by atoms with Crippen LogP contribution in [0.1, 0.15) is 19.8 Å². The van der Waals surface area contributed by atoms with Crippen molar-refractivity contribution in [3.8, 4) is 0 Å². The van der Waals surface area contributed by atoms with Gasteiger partial charge in [-0.05, 0) is 12.8 Å². The van der Waals surface area contributed by atoms with Crippen molar-refractivity contribution in [2.45, 2.75) is 19.8 Å². The Morgan fingerprint density at radius 2 is 2.21 bits per heavy atom. The molecule has 0 aliphatic rings. The summed E-state index contributed by atoms with van der Waals surface area (Å²) in [7, 11) is -0.771. The minimum Gasteiger partial charge on any atom is -0.356 e. The summed E-state index contributed by atoms with van der Waals surface area (Å²) in [6.45, 7) is 2.93. The van der Waals surface area contributed by atoms with Gasteiger partial charge < -0.3 is 11.1 Å². The molecule has 0 fully saturated rings. The van der Waals surface area contributed by atoms with E-state index in [1.54, 1.807) is 6.26 Å². The van der Waals surface area contributed by atoms with E-state index < -0.39 is 10.8 Å². The first-order valence-corrected chi connectivity index (χ1v) is 6.62. The summed E-state index contributed by atoms with van der Waals surface area (Å²) < 4.78 is 10.7. The quantitative estimate of drug-likeness (QED) is 0.586. The Morgan fingerprint density at radius 1 is 1.57 bits per heavy atom. The van der Waals surface area contributed by atoms with Crippen molar-refractivity contribution in [2.75, 3.05) is 25.1 Å². The number of carbonyl (C=O) groups is 1. The van der Waals surface area contributed by atoms with Gasteiger partial charge in [0.25, 0.3) is 0 Å². The lowest BCUT2D eigenvalue weighted by atomic mass is 10.1. The molecule has 5 heteroatoms. The Morgan fingerprint density at radius 3 is 2.64 bits per heavy atom. The first-order valence-electron chi connectivity index (χ1n) is 4.89. The molecule has 3 N–H and O–H groups in total. The van der Waals surface area contributed by atoms with Crippen molar-refractivity contribution in [1.29, 1.82) is 0 Å². The second-order valence-electron chi connectivity index (χ2n) is 3.26. The molecule has 0 spiro atoms. The zero-order chi connectivity index (χ0) is 11.0. The van der Waals surface area contributed by atoms with E-state index in [0.717, 1.165) is 12.8 Å². The van der Waals surface area contributed by atoms with Gasteiger partial charge in [0.15, 0.2) is 0 Å². The van der Waals surface area contributed by atoms with Gasteiger partial charge >= 0.3 is 0 Å². The van der Waals surface area contributed by atoms with Crippen LogP contribution in [-0.4, -0.2) is 35.2 Å². The summed E-state index contributed by atoms with van der Waals surface area (Å²) in [4.78, 5) is 11.4. The number of hydrogen-bond acceptors (Lipinski definition) is 3. The molecule has 2 unspecified atom stereocenters. The van der Waals surface area contributed by atoms with Crippen LogP contribution in [0.2, 0.25) is 0 Å². The van der Waals surface area contributed by atoms with Crippen molar-refractivity contribution in [3.05, 3.63) is 0 Å². The van der Waals surface area contributed by atoms with Crippen LogP contribution in [0.5, 0.6) is 0 Å². The highest BCUT2D eigenvalue weighted by Crippen LogP contribution is 1.99. The fraction of sp³-hybridized carbons (Fsp3) is 0.889. The molecule has 0 bridgehead atoms. The van der Waals surface area contributed by atoms with Crippen LogP contribution in [0, 0.1) is 5.92 Å². The molecule has 0 rings (SSSR count). The van der Waals surface area contributed by atoms with Gasteiger partial charge in [-0.15, -0.1) is 0 Å². The zero-order valence-corrected chi connectivity index (χ0v) is 9.73. The monoisotopic (exact) mass is 220 g/mol. The lowest BCUT2D eigenvalue weighted by Gasteiger charge is -2.11. The summed E-state index contributed by atoms with van der Waals surface area (Å²) in [5.41, 5.74) is 5.43. The molecule has 1 amide bonds. The number of hydrogen-bond donors (Lipinski definition) is 2. The van der Waals surface area contributed by atoms with E-state index in [4.69, 9.17) is 5.73 Å². The van der Waals surface area contributed by atoms with Crippen molar-refractivity contribution >= 4 is 16.7 Å². The molecule has 2 atom stereocenters. The predicted octanol–water partition coefficient (Wildman–Crippen LogP) is -0.144. The Hall–Kier alpha value is -0.420. The number of nitrogens with two attached hydrogens (primary N) is 1. The van der Waals surface area contributed by atoms with Crippen LogP contribution in [0.25, 0.3) is 0 Å². The molecular weight excluding hydrogens is 200 g/mol. The molecule has 0 aromatic carbocycles. The number of amides is 1. The van der Waals surface area contributed by atoms with Crippen LogP contribution >= 0.6 is 0 Å². The SMILES string of the molecule is CCC(CN)C(=O)NCCCS(C)=O. The van der Waals surface area contributed by atoms with E-state index >= 15 is 0 Å². The number of carbonyl (C=O) groups excluding carboxylic acids is 1. The molecule has 0 radical (unpaired) electrons. The molecule has 14 heavy (non-hydrogen) atoms. The average Bonchev–Trinajstić information content (AvgIpc) is 2.14. The molecule has 0 aliphatic heterocycles. The van der Waals surface area contributed by atoms with E-state index in [2.05, 4.69) is 5.32 Å². The molecule has 4 nitrogen and oxygen atoms in total. The van der Waals surface area contributed by atoms with Crippen LogP contribution in [0.15, 0.2) is 0 Å². The largest absolute Gasteiger partial charge is 0.356 e. The molecule has 0 saturated carbocycles. The Bertz CT molecular complexity index is 193. The topological polar surface area (TPSA) is 72.2 Å². The van der Waals surface area contributed by atoms with E-state index in [-0.39, 0.29) is 11.8 Å². The van der Waals surface area contributed by atoms with Gasteiger partial charge in [-0.2, -0.15) is 0 Å². The van der Waals surface area contributed by atoms with Gasteiger partial charge in [0.05, 0.1) is 0 Å². The minimum atomic E-state index is -0.771. The third-order valence-corrected chi connectivity index (χ3v) is 2.92. The predicted molar refractivity (Wildman–Crippen MR) is 59.4 cm³/mol. The summed E-state index contributed by atoms with van der Waals surface area (Å²) >= 11 is 0. The highest BCUT2D eigenvalue weighted by atomic mass is 32.2. The zero-order valence-electron chi connectivity index (χ0n) is 8.91. The molecule has 0 aromatic heterocycles. The van der Waals surface area contributed by atoms with Crippen LogP contribution in [0.3, 0.4) is 0 Å².